The fourth-order valence-corrected chi connectivity index (χ4v) is 2.12. The number of hydrogen-bond donors (Lipinski definition) is 1. The number of allylic oxidation sites excluding steroid dienone is 3. The Bertz CT molecular complexity index is 269. The Morgan fingerprint density at radius 2 is 2.14 bits per heavy atom. The normalized spacial score (nSPS) is 27.2. The fraction of sp³-hybridized carbons (Fsp3) is 0.600. The Morgan fingerprint density at radius 1 is 1.43 bits per heavy atom. The summed E-state index contributed by atoms with van der Waals surface area (Å²) in [6.07, 6.45) is 5.93. The van der Waals surface area contributed by atoms with Gasteiger partial charge in [0, 0.05) is 30.9 Å². The molecule has 1 unspecified atom stereocenters. The Morgan fingerprint density at radius 3 is 2.79 bits per heavy atom. The molecule has 0 aromatic rings. The van der Waals surface area contributed by atoms with E-state index in [1.807, 2.05) is 7.98 Å². The van der Waals surface area contributed by atoms with Crippen molar-refractivity contribution in [2.45, 2.75) is 25.4 Å². The molecule has 2 aliphatic rings. The van der Waals surface area contributed by atoms with Gasteiger partial charge >= 0.3 is 0 Å². The van der Waals surface area contributed by atoms with Gasteiger partial charge in [0.1, 0.15) is 6.17 Å². The molecule has 1 N–H and O–H groups in total. The minimum atomic E-state index is -0.821. The lowest BCUT2D eigenvalue weighted by Gasteiger charge is -2.25. The van der Waals surface area contributed by atoms with Crippen LogP contribution in [0.25, 0.3) is 0 Å². The molecule has 1 fully saturated rings. The van der Waals surface area contributed by atoms with E-state index in [1.54, 1.807) is 6.08 Å². The summed E-state index contributed by atoms with van der Waals surface area (Å²) in [7, 11) is 1.84. The summed E-state index contributed by atoms with van der Waals surface area (Å²) in [5, 5.41) is 3.01. The average molecular weight is 194 g/mol. The SMILES string of the molecule is BNC1=CC(F)CC(N2CCCC2)=C1. The van der Waals surface area contributed by atoms with Crippen molar-refractivity contribution in [1.82, 2.24) is 10.1 Å². The number of likely N-dealkylation sites (tertiary alicyclic amines) is 1. The van der Waals surface area contributed by atoms with Crippen molar-refractivity contribution in [3.8, 4) is 0 Å². The van der Waals surface area contributed by atoms with Crippen molar-refractivity contribution < 1.29 is 4.39 Å². The van der Waals surface area contributed by atoms with Crippen LogP contribution in [0.3, 0.4) is 0 Å². The van der Waals surface area contributed by atoms with Crippen molar-refractivity contribution in [1.29, 1.82) is 0 Å². The molecule has 0 aromatic carbocycles. The Labute approximate surface area is 85.3 Å². The summed E-state index contributed by atoms with van der Waals surface area (Å²) in [6, 6.07) is 0. The molecule has 76 valence electrons. The topological polar surface area (TPSA) is 15.3 Å². The number of halogens is 1. The number of nitrogens with one attached hydrogen (secondary N) is 1. The molecule has 4 heteroatoms. The van der Waals surface area contributed by atoms with Gasteiger partial charge in [0.15, 0.2) is 0 Å². The van der Waals surface area contributed by atoms with Crippen LogP contribution in [-0.2, 0) is 0 Å². The second kappa shape index (κ2) is 4.07. The van der Waals surface area contributed by atoms with Crippen molar-refractivity contribution in [3.05, 3.63) is 23.5 Å². The van der Waals surface area contributed by atoms with Gasteiger partial charge in [-0.05, 0) is 25.0 Å². The predicted octanol–water partition coefficient (Wildman–Crippen LogP) is 0.729. The minimum Gasteiger partial charge on any atom is -0.434 e. The molecule has 1 heterocycles. The van der Waals surface area contributed by atoms with Crippen LogP contribution in [0, 0.1) is 0 Å². The molecule has 0 saturated carbocycles. The lowest BCUT2D eigenvalue weighted by atomic mass is 10.1. The van der Waals surface area contributed by atoms with E-state index in [-0.39, 0.29) is 0 Å². The van der Waals surface area contributed by atoms with Gasteiger partial charge in [-0.1, -0.05) is 0 Å². The summed E-state index contributed by atoms with van der Waals surface area (Å²) in [6.45, 7) is 2.19. The van der Waals surface area contributed by atoms with E-state index in [0.29, 0.717) is 6.42 Å². The molecule has 0 radical (unpaired) electrons. The predicted molar refractivity (Wildman–Crippen MR) is 58.2 cm³/mol. The first-order valence-corrected chi connectivity index (χ1v) is 5.29. The highest BCUT2D eigenvalue weighted by atomic mass is 19.1. The van der Waals surface area contributed by atoms with Crippen LogP contribution in [0.5, 0.6) is 0 Å². The van der Waals surface area contributed by atoms with E-state index in [0.717, 1.165) is 24.5 Å². The zero-order valence-corrected chi connectivity index (χ0v) is 8.59. The molecule has 0 bridgehead atoms. The third-order valence-corrected chi connectivity index (χ3v) is 2.89. The van der Waals surface area contributed by atoms with Crippen LogP contribution >= 0.6 is 0 Å². The monoisotopic (exact) mass is 194 g/mol. The van der Waals surface area contributed by atoms with Crippen LogP contribution in [0.4, 0.5) is 4.39 Å². The van der Waals surface area contributed by atoms with Crippen LogP contribution in [0.15, 0.2) is 23.5 Å². The second-order valence-electron chi connectivity index (χ2n) is 3.92. The quantitative estimate of drug-likeness (QED) is 0.652. The van der Waals surface area contributed by atoms with Crippen LogP contribution in [-0.4, -0.2) is 32.1 Å². The summed E-state index contributed by atoms with van der Waals surface area (Å²) >= 11 is 0. The molecule has 1 atom stereocenters. The van der Waals surface area contributed by atoms with Crippen molar-refractivity contribution in [2.75, 3.05) is 13.1 Å². The molecule has 2 rings (SSSR count). The van der Waals surface area contributed by atoms with E-state index >= 15 is 0 Å². The van der Waals surface area contributed by atoms with Gasteiger partial charge in [0.25, 0.3) is 0 Å². The fourth-order valence-electron chi connectivity index (χ4n) is 2.12. The summed E-state index contributed by atoms with van der Waals surface area (Å²) in [5.41, 5.74) is 2.06. The van der Waals surface area contributed by atoms with Gasteiger partial charge in [-0.15, -0.1) is 0 Å². The molecule has 1 saturated heterocycles. The molecular weight excluding hydrogens is 178 g/mol. The highest BCUT2D eigenvalue weighted by Gasteiger charge is 2.20. The first-order valence-electron chi connectivity index (χ1n) is 5.29. The van der Waals surface area contributed by atoms with Crippen molar-refractivity contribution in [3.63, 3.8) is 0 Å². The van der Waals surface area contributed by atoms with Crippen LogP contribution in [0.1, 0.15) is 19.3 Å². The van der Waals surface area contributed by atoms with E-state index in [9.17, 15) is 4.39 Å². The van der Waals surface area contributed by atoms with Crippen molar-refractivity contribution in [2.24, 2.45) is 0 Å². The van der Waals surface area contributed by atoms with Gasteiger partial charge in [0.05, 0.1) is 0 Å². The number of alkyl halides is 1. The Hall–Kier alpha value is -0.925. The number of nitrogens with zero attached hydrogens (tertiary/aromatic N) is 1. The third-order valence-electron chi connectivity index (χ3n) is 2.89. The highest BCUT2D eigenvalue weighted by Crippen LogP contribution is 2.24. The van der Waals surface area contributed by atoms with Crippen LogP contribution < -0.4 is 5.23 Å². The maximum absolute atomic E-state index is 13.3. The number of hydrogen-bond acceptors (Lipinski definition) is 2. The summed E-state index contributed by atoms with van der Waals surface area (Å²) in [4.78, 5) is 2.30. The van der Waals surface area contributed by atoms with Gasteiger partial charge in [0.2, 0.25) is 7.98 Å². The minimum absolute atomic E-state index is 0.547. The second-order valence-corrected chi connectivity index (χ2v) is 3.92. The zero-order valence-electron chi connectivity index (χ0n) is 8.59. The zero-order chi connectivity index (χ0) is 9.97. The largest absolute Gasteiger partial charge is 0.434 e. The van der Waals surface area contributed by atoms with E-state index in [2.05, 4.69) is 16.2 Å². The molecule has 14 heavy (non-hydrogen) atoms. The standard InChI is InChI=1S/C10H16BFN2/c11-13-9-5-8(12)6-10(7-9)14-3-1-2-4-14/h5,7-8,13H,1-4,6,11H2. The molecular formula is C10H16BFN2. The van der Waals surface area contributed by atoms with E-state index in [4.69, 9.17) is 0 Å². The molecule has 1 aliphatic heterocycles. The number of rotatable bonds is 2. The van der Waals surface area contributed by atoms with E-state index < -0.39 is 6.17 Å². The smallest absolute Gasteiger partial charge is 0.213 e. The first-order chi connectivity index (χ1) is 6.79. The average Bonchev–Trinajstić information content (AvgIpc) is 2.69. The molecule has 0 amide bonds. The maximum Gasteiger partial charge on any atom is 0.213 e. The van der Waals surface area contributed by atoms with Crippen LogP contribution in [0.2, 0.25) is 0 Å². The van der Waals surface area contributed by atoms with Crippen molar-refractivity contribution >= 4 is 7.98 Å². The molecule has 1 aliphatic carbocycles. The first kappa shape index (κ1) is 9.62. The van der Waals surface area contributed by atoms with Gasteiger partial charge in [-0.2, -0.15) is 0 Å². The molecule has 0 aromatic heterocycles. The van der Waals surface area contributed by atoms with Gasteiger partial charge in [-0.25, -0.2) is 4.39 Å². The van der Waals surface area contributed by atoms with E-state index in [1.165, 1.54) is 12.8 Å². The maximum atomic E-state index is 13.3. The Balaban J connectivity index is 2.10. The lowest BCUT2D eigenvalue weighted by Crippen LogP contribution is -2.25. The highest BCUT2D eigenvalue weighted by molar-refractivity contribution is 6.05. The summed E-state index contributed by atoms with van der Waals surface area (Å²) in [5.74, 6) is 0. The lowest BCUT2D eigenvalue weighted by molar-refractivity contribution is 0.333. The summed E-state index contributed by atoms with van der Waals surface area (Å²) < 4.78 is 13.3. The van der Waals surface area contributed by atoms with Gasteiger partial charge < -0.3 is 10.1 Å². The van der Waals surface area contributed by atoms with Gasteiger partial charge in [-0.3, -0.25) is 0 Å². The molecule has 0 spiro atoms. The Kier molecular flexibility index (Phi) is 2.80. The third kappa shape index (κ3) is 1.94. The molecule has 2 nitrogen and oxygen atoms in total.